The van der Waals surface area contributed by atoms with E-state index in [1.54, 1.807) is 31.3 Å². The molecule has 2 heterocycles. The van der Waals surface area contributed by atoms with E-state index in [9.17, 15) is 9.59 Å². The molecule has 0 bridgehead atoms. The monoisotopic (exact) mass is 411 g/mol. The Labute approximate surface area is 174 Å². The summed E-state index contributed by atoms with van der Waals surface area (Å²) >= 11 is 0. The van der Waals surface area contributed by atoms with E-state index in [2.05, 4.69) is 10.4 Å². The number of furan rings is 1. The predicted octanol–water partition coefficient (Wildman–Crippen LogP) is 4.25. The van der Waals surface area contributed by atoms with Gasteiger partial charge in [0.05, 0.1) is 18.8 Å². The summed E-state index contributed by atoms with van der Waals surface area (Å²) in [7, 11) is 0. The summed E-state index contributed by atoms with van der Waals surface area (Å²) in [4.78, 5) is 24.8. The molecule has 0 saturated heterocycles. The highest BCUT2D eigenvalue weighted by molar-refractivity contribution is 5.98. The minimum Gasteiger partial charge on any atom is -0.494 e. The number of amides is 1. The van der Waals surface area contributed by atoms with Crippen molar-refractivity contribution in [2.45, 2.75) is 45.6 Å². The highest BCUT2D eigenvalue weighted by Gasteiger charge is 2.22. The molecule has 0 atom stereocenters. The SMILES string of the molecule is CCOc1ccc2oc(C(=O)OCC(=O)Nc3ccnn3C3CCCC3)c(C)c2c1. The van der Waals surface area contributed by atoms with E-state index >= 15 is 0 Å². The number of nitrogens with one attached hydrogen (secondary N) is 1. The number of esters is 1. The van der Waals surface area contributed by atoms with Crippen molar-refractivity contribution in [1.29, 1.82) is 0 Å². The molecule has 0 aliphatic heterocycles. The van der Waals surface area contributed by atoms with Gasteiger partial charge >= 0.3 is 5.97 Å². The van der Waals surface area contributed by atoms with Gasteiger partial charge in [-0.2, -0.15) is 5.10 Å². The lowest BCUT2D eigenvalue weighted by Crippen LogP contribution is -2.23. The average molecular weight is 411 g/mol. The lowest BCUT2D eigenvalue weighted by molar-refractivity contribution is -0.119. The smallest absolute Gasteiger partial charge is 0.375 e. The molecule has 30 heavy (non-hydrogen) atoms. The van der Waals surface area contributed by atoms with Crippen molar-refractivity contribution in [1.82, 2.24) is 9.78 Å². The third-order valence-corrected chi connectivity index (χ3v) is 5.35. The van der Waals surface area contributed by atoms with E-state index in [4.69, 9.17) is 13.9 Å². The highest BCUT2D eigenvalue weighted by Crippen LogP contribution is 2.31. The normalized spacial score (nSPS) is 14.2. The fraction of sp³-hybridized carbons (Fsp3) is 0.409. The van der Waals surface area contributed by atoms with Crippen LogP contribution in [0.15, 0.2) is 34.9 Å². The molecule has 1 aliphatic carbocycles. The fourth-order valence-corrected chi connectivity index (χ4v) is 3.88. The zero-order chi connectivity index (χ0) is 21.1. The van der Waals surface area contributed by atoms with Crippen LogP contribution in [0.4, 0.5) is 5.82 Å². The molecule has 3 aromatic rings. The van der Waals surface area contributed by atoms with E-state index in [-0.39, 0.29) is 5.76 Å². The van der Waals surface area contributed by atoms with Gasteiger partial charge in [0.25, 0.3) is 5.91 Å². The molecule has 1 N–H and O–H groups in total. The van der Waals surface area contributed by atoms with Gasteiger partial charge in [-0.3, -0.25) is 4.79 Å². The molecule has 0 radical (unpaired) electrons. The van der Waals surface area contributed by atoms with Crippen molar-refractivity contribution >= 4 is 28.7 Å². The van der Waals surface area contributed by atoms with E-state index in [1.165, 1.54) is 12.8 Å². The Bertz CT molecular complexity index is 1060. The molecular weight excluding hydrogens is 386 g/mol. The van der Waals surface area contributed by atoms with E-state index in [1.807, 2.05) is 17.7 Å². The number of anilines is 1. The highest BCUT2D eigenvalue weighted by atomic mass is 16.5. The molecule has 1 amide bonds. The second-order valence-electron chi connectivity index (χ2n) is 7.37. The Hall–Kier alpha value is -3.29. The molecule has 1 aliphatic rings. The van der Waals surface area contributed by atoms with Crippen molar-refractivity contribution in [3.05, 3.63) is 41.8 Å². The molecule has 8 heteroatoms. The van der Waals surface area contributed by atoms with Crippen LogP contribution in [0, 0.1) is 6.92 Å². The van der Waals surface area contributed by atoms with Crippen molar-refractivity contribution in [3.63, 3.8) is 0 Å². The topological polar surface area (TPSA) is 95.6 Å². The van der Waals surface area contributed by atoms with E-state index in [0.717, 1.165) is 18.2 Å². The maximum atomic E-state index is 12.5. The Kier molecular flexibility index (Phi) is 5.74. The number of carbonyl (C=O) groups excluding carboxylic acids is 2. The van der Waals surface area contributed by atoms with Gasteiger partial charge in [-0.1, -0.05) is 12.8 Å². The van der Waals surface area contributed by atoms with Crippen molar-refractivity contribution in [2.75, 3.05) is 18.5 Å². The van der Waals surface area contributed by atoms with E-state index < -0.39 is 18.5 Å². The van der Waals surface area contributed by atoms with E-state index in [0.29, 0.717) is 35.4 Å². The number of benzene rings is 1. The maximum absolute atomic E-state index is 12.5. The summed E-state index contributed by atoms with van der Waals surface area (Å²) in [6, 6.07) is 7.41. The van der Waals surface area contributed by atoms with Crippen LogP contribution in [-0.4, -0.2) is 34.9 Å². The molecule has 1 saturated carbocycles. The summed E-state index contributed by atoms with van der Waals surface area (Å²) in [5.74, 6) is 0.303. The van der Waals surface area contributed by atoms with Crippen molar-refractivity contribution < 1.29 is 23.5 Å². The molecule has 8 nitrogen and oxygen atoms in total. The van der Waals surface area contributed by atoms with Crippen LogP contribution in [0.5, 0.6) is 5.75 Å². The Balaban J connectivity index is 1.39. The second kappa shape index (κ2) is 8.61. The molecule has 0 unspecified atom stereocenters. The molecule has 2 aromatic heterocycles. The first-order valence-electron chi connectivity index (χ1n) is 10.2. The summed E-state index contributed by atoms with van der Waals surface area (Å²) < 4.78 is 18.2. The number of carbonyl (C=O) groups is 2. The molecule has 0 spiro atoms. The molecule has 1 fully saturated rings. The van der Waals surface area contributed by atoms with Gasteiger partial charge in [-0.15, -0.1) is 0 Å². The second-order valence-corrected chi connectivity index (χ2v) is 7.37. The first-order valence-corrected chi connectivity index (χ1v) is 10.2. The number of hydrogen-bond acceptors (Lipinski definition) is 6. The number of aryl methyl sites for hydroxylation is 1. The third kappa shape index (κ3) is 4.03. The van der Waals surface area contributed by atoms with Crippen LogP contribution < -0.4 is 10.1 Å². The first kappa shape index (κ1) is 20.0. The number of nitrogens with zero attached hydrogens (tertiary/aromatic N) is 2. The molecule has 1 aromatic carbocycles. The summed E-state index contributed by atoms with van der Waals surface area (Å²) in [5, 5.41) is 7.87. The van der Waals surface area contributed by atoms with Crippen LogP contribution in [0.3, 0.4) is 0 Å². The van der Waals surface area contributed by atoms with Gasteiger partial charge in [0.15, 0.2) is 6.61 Å². The lowest BCUT2D eigenvalue weighted by atomic mass is 10.1. The van der Waals surface area contributed by atoms with Crippen LogP contribution >= 0.6 is 0 Å². The summed E-state index contributed by atoms with van der Waals surface area (Å²) in [6.45, 7) is 3.82. The minimum absolute atomic E-state index is 0.0856. The van der Waals surface area contributed by atoms with Gasteiger partial charge < -0.3 is 19.2 Å². The Morgan fingerprint density at radius 1 is 1.27 bits per heavy atom. The average Bonchev–Trinajstić information content (AvgIpc) is 3.47. The number of aromatic nitrogens is 2. The van der Waals surface area contributed by atoms with Crippen molar-refractivity contribution in [3.8, 4) is 5.75 Å². The standard InChI is InChI=1S/C22H25N3O5/c1-3-28-16-8-9-18-17(12-16)14(2)21(30-18)22(27)29-13-20(26)24-19-10-11-23-25(19)15-6-4-5-7-15/h8-12,15H,3-7,13H2,1-2H3,(H,24,26). The van der Waals surface area contributed by atoms with Crippen LogP contribution in [0.1, 0.15) is 54.8 Å². The van der Waals surface area contributed by atoms with Crippen LogP contribution in [0.2, 0.25) is 0 Å². The van der Waals surface area contributed by atoms with Crippen LogP contribution in [-0.2, 0) is 9.53 Å². The van der Waals surface area contributed by atoms with Crippen molar-refractivity contribution in [2.24, 2.45) is 0 Å². The van der Waals surface area contributed by atoms with Gasteiger partial charge in [0.2, 0.25) is 5.76 Å². The summed E-state index contributed by atoms with van der Waals surface area (Å²) in [5.41, 5.74) is 1.21. The Morgan fingerprint density at radius 3 is 2.83 bits per heavy atom. The number of rotatable bonds is 7. The molecule has 158 valence electrons. The number of fused-ring (bicyclic) bond motifs is 1. The number of hydrogen-bond donors (Lipinski definition) is 1. The number of ether oxygens (including phenoxy) is 2. The third-order valence-electron chi connectivity index (χ3n) is 5.35. The quantitative estimate of drug-likeness (QED) is 0.584. The predicted molar refractivity (Wildman–Crippen MR) is 111 cm³/mol. The fourth-order valence-electron chi connectivity index (χ4n) is 3.88. The first-order chi connectivity index (χ1) is 14.6. The van der Waals surface area contributed by atoms with Gasteiger partial charge in [-0.25, -0.2) is 9.48 Å². The zero-order valence-corrected chi connectivity index (χ0v) is 17.1. The Morgan fingerprint density at radius 2 is 2.07 bits per heavy atom. The minimum atomic E-state index is -0.680. The summed E-state index contributed by atoms with van der Waals surface area (Å²) in [6.07, 6.45) is 6.09. The molecular formula is C22H25N3O5. The lowest BCUT2D eigenvalue weighted by Gasteiger charge is -2.14. The largest absolute Gasteiger partial charge is 0.494 e. The molecule has 4 rings (SSSR count). The van der Waals surface area contributed by atoms with Gasteiger partial charge in [0, 0.05) is 17.0 Å². The maximum Gasteiger partial charge on any atom is 0.375 e. The zero-order valence-electron chi connectivity index (χ0n) is 17.1. The van der Waals surface area contributed by atoms with Gasteiger partial charge in [0.1, 0.15) is 17.2 Å². The van der Waals surface area contributed by atoms with Gasteiger partial charge in [-0.05, 0) is 44.9 Å². The van der Waals surface area contributed by atoms with Crippen LogP contribution in [0.25, 0.3) is 11.0 Å².